The fraction of sp³-hybridized carbons (Fsp3) is 0.290. The molecule has 2 heterocycles. The van der Waals surface area contributed by atoms with Crippen molar-refractivity contribution in [2.24, 2.45) is 0 Å². The van der Waals surface area contributed by atoms with Crippen LogP contribution in [0.4, 0.5) is 0 Å². The number of H-pyrrole nitrogens is 1. The molecule has 194 valence electrons. The number of tetrazole rings is 1. The number of rotatable bonds is 10. The molecule has 0 aliphatic heterocycles. The molecule has 0 amide bonds. The van der Waals surface area contributed by atoms with Gasteiger partial charge < -0.3 is 4.98 Å². The molecule has 2 aromatic heterocycles. The van der Waals surface area contributed by atoms with E-state index in [0.717, 1.165) is 47.2 Å². The lowest BCUT2D eigenvalue weighted by Crippen LogP contribution is -2.34. The molecule has 5 rings (SSSR count). The third kappa shape index (κ3) is 5.73. The Morgan fingerprint density at radius 3 is 2.32 bits per heavy atom. The summed E-state index contributed by atoms with van der Waals surface area (Å²) >= 11 is 0. The lowest BCUT2D eigenvalue weighted by molar-refractivity contribution is 0.172. The minimum atomic E-state index is -0.0517. The Bertz CT molecular complexity index is 1560. The first kappa shape index (κ1) is 25.5. The number of pyridine rings is 1. The first-order valence-corrected chi connectivity index (χ1v) is 13.2. The Morgan fingerprint density at radius 2 is 1.61 bits per heavy atom. The minimum Gasteiger partial charge on any atom is -0.322 e. The number of nitrogens with zero attached hydrogens (tertiary/aromatic N) is 5. The van der Waals surface area contributed by atoms with E-state index in [1.54, 1.807) is 0 Å². The van der Waals surface area contributed by atoms with Gasteiger partial charge in [0.2, 0.25) is 0 Å². The average Bonchev–Trinajstić information content (AvgIpc) is 3.38. The van der Waals surface area contributed by atoms with Crippen molar-refractivity contribution in [1.82, 2.24) is 30.1 Å². The molecule has 3 aromatic carbocycles. The fourth-order valence-electron chi connectivity index (χ4n) is 5.04. The van der Waals surface area contributed by atoms with Crippen LogP contribution in [0.5, 0.6) is 0 Å². The number of fused-ring (bicyclic) bond motifs is 1. The van der Waals surface area contributed by atoms with Crippen molar-refractivity contribution in [2.45, 2.75) is 52.7 Å². The van der Waals surface area contributed by atoms with E-state index in [9.17, 15) is 4.79 Å². The van der Waals surface area contributed by atoms with Crippen LogP contribution in [-0.4, -0.2) is 36.6 Å². The van der Waals surface area contributed by atoms with Gasteiger partial charge in [-0.05, 0) is 83.0 Å². The molecule has 0 radical (unpaired) electrons. The van der Waals surface area contributed by atoms with Crippen LogP contribution < -0.4 is 5.56 Å². The Morgan fingerprint density at radius 1 is 0.921 bits per heavy atom. The summed E-state index contributed by atoms with van der Waals surface area (Å²) in [5.74, 6) is 0.813. The van der Waals surface area contributed by atoms with Crippen LogP contribution in [0, 0.1) is 13.8 Å². The highest BCUT2D eigenvalue weighted by Crippen LogP contribution is 2.26. The van der Waals surface area contributed by atoms with E-state index in [0.29, 0.717) is 13.1 Å². The standard InChI is InChI=1S/C31H34N6O/c1-4-29(30-33-34-35-37(30)20-25-13-9-6-10-14-25)36(16-15-24-11-7-5-8-12-24)21-27-19-26-17-22(2)23(3)18-28(26)32-31(27)38/h5-14,17-19,29H,4,15-16,20-21H2,1-3H3,(H,32,38)/t29-/m1/s1. The number of nitrogens with one attached hydrogen (secondary N) is 1. The van der Waals surface area contributed by atoms with Gasteiger partial charge in [-0.1, -0.05) is 67.6 Å². The summed E-state index contributed by atoms with van der Waals surface area (Å²) in [6, 6.07) is 26.9. The van der Waals surface area contributed by atoms with Gasteiger partial charge in [-0.3, -0.25) is 9.69 Å². The Kier molecular flexibility index (Phi) is 7.75. The molecule has 5 aromatic rings. The topological polar surface area (TPSA) is 79.7 Å². The van der Waals surface area contributed by atoms with Crippen LogP contribution in [0.1, 0.15) is 53.0 Å². The smallest absolute Gasteiger partial charge is 0.252 e. The summed E-state index contributed by atoms with van der Waals surface area (Å²) in [5, 5.41) is 13.9. The Balaban J connectivity index is 1.49. The van der Waals surface area contributed by atoms with Crippen LogP contribution in [-0.2, 0) is 19.5 Å². The molecule has 0 bridgehead atoms. The molecule has 0 spiro atoms. The van der Waals surface area contributed by atoms with Crippen molar-refractivity contribution in [3.63, 3.8) is 0 Å². The molecule has 38 heavy (non-hydrogen) atoms. The van der Waals surface area contributed by atoms with Crippen molar-refractivity contribution < 1.29 is 0 Å². The van der Waals surface area contributed by atoms with Crippen LogP contribution in [0.25, 0.3) is 10.9 Å². The van der Waals surface area contributed by atoms with Gasteiger partial charge in [-0.2, -0.15) is 0 Å². The summed E-state index contributed by atoms with van der Waals surface area (Å²) in [7, 11) is 0. The number of aromatic nitrogens is 5. The lowest BCUT2D eigenvalue weighted by atomic mass is 10.0. The number of aryl methyl sites for hydroxylation is 2. The predicted molar refractivity (Wildman–Crippen MR) is 151 cm³/mol. The zero-order chi connectivity index (χ0) is 26.5. The van der Waals surface area contributed by atoms with E-state index in [2.05, 4.69) is 94.7 Å². The maximum absolute atomic E-state index is 13.2. The van der Waals surface area contributed by atoms with Gasteiger partial charge in [0.1, 0.15) is 0 Å². The van der Waals surface area contributed by atoms with E-state index in [1.807, 2.05) is 35.0 Å². The summed E-state index contributed by atoms with van der Waals surface area (Å²) in [6.45, 7) is 8.19. The highest BCUT2D eigenvalue weighted by Gasteiger charge is 2.26. The minimum absolute atomic E-state index is 0.0488. The molecule has 1 N–H and O–H groups in total. The van der Waals surface area contributed by atoms with Gasteiger partial charge in [0, 0.05) is 24.2 Å². The van der Waals surface area contributed by atoms with Gasteiger partial charge in [0.15, 0.2) is 5.82 Å². The molecule has 0 aliphatic rings. The molecule has 1 atom stereocenters. The van der Waals surface area contributed by atoms with E-state index < -0.39 is 0 Å². The van der Waals surface area contributed by atoms with Gasteiger partial charge in [0.05, 0.1) is 12.6 Å². The molecule has 0 unspecified atom stereocenters. The third-order valence-electron chi connectivity index (χ3n) is 7.30. The first-order valence-electron chi connectivity index (χ1n) is 13.2. The third-order valence-corrected chi connectivity index (χ3v) is 7.30. The normalized spacial score (nSPS) is 12.3. The summed E-state index contributed by atoms with van der Waals surface area (Å²) in [6.07, 6.45) is 1.68. The highest BCUT2D eigenvalue weighted by molar-refractivity contribution is 5.80. The van der Waals surface area contributed by atoms with Crippen molar-refractivity contribution in [3.05, 3.63) is 123 Å². The molecular formula is C31H34N6O. The van der Waals surface area contributed by atoms with Crippen molar-refractivity contribution in [1.29, 1.82) is 0 Å². The number of hydrogen-bond acceptors (Lipinski definition) is 5. The van der Waals surface area contributed by atoms with Gasteiger partial charge in [-0.15, -0.1) is 5.10 Å². The molecule has 0 fully saturated rings. The highest BCUT2D eigenvalue weighted by atomic mass is 16.1. The second kappa shape index (κ2) is 11.5. The van der Waals surface area contributed by atoms with Gasteiger partial charge in [-0.25, -0.2) is 4.68 Å². The summed E-state index contributed by atoms with van der Waals surface area (Å²) in [4.78, 5) is 18.7. The van der Waals surface area contributed by atoms with Gasteiger partial charge in [0.25, 0.3) is 5.56 Å². The van der Waals surface area contributed by atoms with Crippen molar-refractivity contribution in [3.8, 4) is 0 Å². The van der Waals surface area contributed by atoms with Gasteiger partial charge >= 0.3 is 0 Å². The van der Waals surface area contributed by atoms with Crippen LogP contribution in [0.15, 0.2) is 83.7 Å². The first-order chi connectivity index (χ1) is 18.5. The molecule has 7 heteroatoms. The quantitative estimate of drug-likeness (QED) is 0.275. The second-order valence-electron chi connectivity index (χ2n) is 9.96. The van der Waals surface area contributed by atoms with Crippen LogP contribution >= 0.6 is 0 Å². The zero-order valence-corrected chi connectivity index (χ0v) is 22.3. The second-order valence-corrected chi connectivity index (χ2v) is 9.96. The maximum atomic E-state index is 13.2. The van der Waals surface area contributed by atoms with E-state index in [4.69, 9.17) is 0 Å². The molecule has 0 aliphatic carbocycles. The van der Waals surface area contributed by atoms with E-state index >= 15 is 0 Å². The molecular weight excluding hydrogens is 472 g/mol. The summed E-state index contributed by atoms with van der Waals surface area (Å²) < 4.78 is 1.88. The number of aromatic amines is 1. The van der Waals surface area contributed by atoms with Crippen molar-refractivity contribution in [2.75, 3.05) is 6.54 Å². The van der Waals surface area contributed by atoms with E-state index in [1.165, 1.54) is 16.7 Å². The van der Waals surface area contributed by atoms with Crippen LogP contribution in [0.3, 0.4) is 0 Å². The molecule has 0 saturated heterocycles. The number of benzene rings is 3. The molecule has 7 nitrogen and oxygen atoms in total. The Hall–Kier alpha value is -4.10. The fourth-order valence-corrected chi connectivity index (χ4v) is 5.04. The van der Waals surface area contributed by atoms with Crippen molar-refractivity contribution >= 4 is 10.9 Å². The summed E-state index contributed by atoms with van der Waals surface area (Å²) in [5.41, 5.74) is 6.35. The lowest BCUT2D eigenvalue weighted by Gasteiger charge is -2.30. The Labute approximate surface area is 223 Å². The zero-order valence-electron chi connectivity index (χ0n) is 22.3. The average molecular weight is 507 g/mol. The van der Waals surface area contributed by atoms with Crippen LogP contribution in [0.2, 0.25) is 0 Å². The molecule has 0 saturated carbocycles. The monoisotopic (exact) mass is 506 g/mol. The number of hydrogen-bond donors (Lipinski definition) is 1. The SMILES string of the molecule is CC[C@H](c1nnnn1Cc1ccccc1)N(CCc1ccccc1)Cc1cc2cc(C)c(C)cc2[nH]c1=O. The largest absolute Gasteiger partial charge is 0.322 e. The van der Waals surface area contributed by atoms with E-state index in [-0.39, 0.29) is 11.6 Å². The maximum Gasteiger partial charge on any atom is 0.252 e. The predicted octanol–water partition coefficient (Wildman–Crippen LogP) is 5.38.